The van der Waals surface area contributed by atoms with Crippen molar-refractivity contribution in [1.82, 2.24) is 51.1 Å². The third-order valence-electron chi connectivity index (χ3n) is 30.0. The number of halogens is 6. The summed E-state index contributed by atoms with van der Waals surface area (Å²) in [7, 11) is 0. The van der Waals surface area contributed by atoms with Crippen molar-refractivity contribution in [3.05, 3.63) is 355 Å². The summed E-state index contributed by atoms with van der Waals surface area (Å²) in [4.78, 5) is 35.2. The van der Waals surface area contributed by atoms with Crippen LogP contribution in [0.3, 0.4) is 0 Å². The standard InChI is InChI=1S/5C22H24FN3O.CH3FS/c5*23-18-7-5-16(6-8-18)21-19-4-2-1-3-15(19)10-12-26(21)22-25-14-20(27-22)17-9-11-24-13-17;1-3-2/h5*1-8,17,20-21,24H,9-14H2;1H3/t17?,20?,21-;17-,20+,21+;17-,20+,21-;17-,20-,21+;17-,20-,21-;/m01010./s1. The van der Waals surface area contributed by atoms with Gasteiger partial charge in [-0.3, -0.25) is 0 Å². The lowest BCUT2D eigenvalue weighted by atomic mass is 9.88. The second kappa shape index (κ2) is 44.2. The molecule has 0 amide bonds. The van der Waals surface area contributed by atoms with Crippen molar-refractivity contribution >= 4 is 42.3 Å². The zero-order valence-corrected chi connectivity index (χ0v) is 79.0. The number of hydrogen-bond acceptors (Lipinski definition) is 21. The first-order valence-corrected chi connectivity index (χ1v) is 50.7. The molecule has 15 aliphatic heterocycles. The maximum absolute atomic E-state index is 13.5. The second-order valence-corrected chi connectivity index (χ2v) is 38.6. The van der Waals surface area contributed by atoms with Crippen molar-refractivity contribution in [2.24, 2.45) is 54.6 Å². The third kappa shape index (κ3) is 21.2. The zero-order valence-electron chi connectivity index (χ0n) is 78.2. The molecular formula is C111H123F6N15O5S. The van der Waals surface area contributed by atoms with Crippen LogP contribution in [0.4, 0.5) is 25.8 Å². The van der Waals surface area contributed by atoms with E-state index in [1.807, 2.05) is 60.7 Å². The normalized spacial score (nSPS) is 26.8. The molecule has 10 aromatic carbocycles. The van der Waals surface area contributed by atoms with E-state index in [1.54, 1.807) is 0 Å². The van der Waals surface area contributed by atoms with Gasteiger partial charge in [-0.2, -0.15) is 3.89 Å². The van der Waals surface area contributed by atoms with Crippen LogP contribution in [0.2, 0.25) is 0 Å². The van der Waals surface area contributed by atoms with Crippen LogP contribution in [0.1, 0.15) is 146 Å². The van der Waals surface area contributed by atoms with E-state index in [1.165, 1.54) is 123 Å². The number of aliphatic imine (C=N–C) groups is 5. The van der Waals surface area contributed by atoms with Gasteiger partial charge >= 0.3 is 0 Å². The predicted octanol–water partition coefficient (Wildman–Crippen LogP) is 16.9. The highest BCUT2D eigenvalue weighted by Gasteiger charge is 2.45. The van der Waals surface area contributed by atoms with Crippen LogP contribution >= 0.6 is 12.1 Å². The highest BCUT2D eigenvalue weighted by atomic mass is 32.2. The molecule has 5 N–H and O–H groups in total. The van der Waals surface area contributed by atoms with Gasteiger partial charge in [0.05, 0.1) is 62.9 Å². The summed E-state index contributed by atoms with van der Waals surface area (Å²) in [5, 5.41) is 17.1. The Morgan fingerprint density at radius 1 is 0.254 bits per heavy atom. The average Bonchev–Trinajstić information content (AvgIpc) is 1.38. The fourth-order valence-corrected chi connectivity index (χ4v) is 22.8. The van der Waals surface area contributed by atoms with E-state index >= 15 is 0 Å². The molecule has 2 unspecified atom stereocenters. The fraction of sp³-hybridized carbons (Fsp3) is 0.414. The molecule has 0 radical (unpaired) electrons. The summed E-state index contributed by atoms with van der Waals surface area (Å²) >= 11 is 0.250. The lowest BCUT2D eigenvalue weighted by molar-refractivity contribution is 0.125. The topological polar surface area (TPSA) is 184 Å². The van der Waals surface area contributed by atoms with Gasteiger partial charge in [0.1, 0.15) is 59.6 Å². The van der Waals surface area contributed by atoms with Gasteiger partial charge in [-0.1, -0.05) is 182 Å². The number of rotatable bonds is 10. The molecule has 5 saturated heterocycles. The summed E-state index contributed by atoms with van der Waals surface area (Å²) in [6.45, 7) is 18.3. The number of ether oxygens (including phenoxy) is 5. The van der Waals surface area contributed by atoms with Crippen molar-refractivity contribution in [2.75, 3.05) is 137 Å². The minimum Gasteiger partial charge on any atom is -0.460 e. The average molecular weight is 1890 g/mol. The van der Waals surface area contributed by atoms with Crippen LogP contribution in [0.15, 0.2) is 268 Å². The number of benzene rings is 10. The molecule has 138 heavy (non-hydrogen) atoms. The van der Waals surface area contributed by atoms with E-state index in [2.05, 4.69) is 172 Å². The van der Waals surface area contributed by atoms with Gasteiger partial charge in [-0.05, 0) is 241 Å². The smallest absolute Gasteiger partial charge is 0.288 e. The number of hydrogen-bond donors (Lipinski definition) is 5. The van der Waals surface area contributed by atoms with Crippen molar-refractivity contribution in [3.63, 3.8) is 0 Å². The van der Waals surface area contributed by atoms with Gasteiger partial charge in [0.25, 0.3) is 30.1 Å². The van der Waals surface area contributed by atoms with E-state index in [0.717, 1.165) is 253 Å². The first-order chi connectivity index (χ1) is 67.9. The van der Waals surface area contributed by atoms with Crippen LogP contribution in [0.5, 0.6) is 0 Å². The maximum atomic E-state index is 13.5. The minimum atomic E-state index is -0.211. The Balaban J connectivity index is 0.000000106. The molecule has 27 heteroatoms. The van der Waals surface area contributed by atoms with Crippen LogP contribution in [0, 0.1) is 58.7 Å². The molecule has 15 aliphatic rings. The first-order valence-electron chi connectivity index (χ1n) is 49.6. The monoisotopic (exact) mass is 1890 g/mol. The highest BCUT2D eigenvalue weighted by Crippen LogP contribution is 2.45. The molecule has 720 valence electrons. The largest absolute Gasteiger partial charge is 0.460 e. The molecule has 0 aliphatic carbocycles. The van der Waals surface area contributed by atoms with E-state index in [-0.39, 0.29) is 102 Å². The Hall–Kier alpha value is -11.7. The molecule has 15 heterocycles. The lowest BCUT2D eigenvalue weighted by Crippen LogP contribution is -2.42. The van der Waals surface area contributed by atoms with Gasteiger partial charge < -0.3 is 74.8 Å². The van der Waals surface area contributed by atoms with E-state index in [9.17, 15) is 25.8 Å². The predicted molar refractivity (Wildman–Crippen MR) is 531 cm³/mol. The molecular weight excluding hydrogens is 1770 g/mol. The van der Waals surface area contributed by atoms with Crippen molar-refractivity contribution in [3.8, 4) is 0 Å². The zero-order chi connectivity index (χ0) is 93.8. The van der Waals surface area contributed by atoms with Crippen molar-refractivity contribution < 1.29 is 49.5 Å². The number of nitrogens with zero attached hydrogens (tertiary/aromatic N) is 10. The molecule has 0 aromatic heterocycles. The Morgan fingerprint density at radius 3 is 0.580 bits per heavy atom. The Morgan fingerprint density at radius 2 is 0.420 bits per heavy atom. The van der Waals surface area contributed by atoms with Gasteiger partial charge in [0, 0.05) is 113 Å². The van der Waals surface area contributed by atoms with E-state index in [4.69, 9.17) is 48.6 Å². The number of amidine groups is 5. The number of fused-ring (bicyclic) bond motifs is 5. The van der Waals surface area contributed by atoms with Crippen LogP contribution < -0.4 is 26.6 Å². The van der Waals surface area contributed by atoms with Crippen LogP contribution in [0.25, 0.3) is 0 Å². The van der Waals surface area contributed by atoms with E-state index in [0.29, 0.717) is 29.6 Å². The Kier molecular flexibility index (Phi) is 30.1. The summed E-state index contributed by atoms with van der Waals surface area (Å²) in [6, 6.07) is 80.5. The fourth-order valence-electron chi connectivity index (χ4n) is 22.8. The minimum absolute atomic E-state index is 0.00903. The summed E-state index contributed by atoms with van der Waals surface area (Å²) in [6.07, 6.45) is 12.8. The lowest BCUT2D eigenvalue weighted by Gasteiger charge is -2.38. The number of nitrogens with one attached hydrogen (secondary N) is 5. The SMILES string of the molecule is CSF.Fc1ccc([C@H]2c3ccccc3CCN2C2=NCC(C3CCNC3)O2)cc1.Fc1ccc([C@H]2c3ccccc3CCN2C2=NC[C@@H]([C@@H]3CCNC3)O2)cc1.Fc1ccc([C@H]2c3ccccc3CCN2C2=NC[C@@H]([C@H]3CCNC3)O2)cc1.Fc1ccc([C@H]2c3ccccc3CCN2C2=NC[C@H]([C@@H]3CCNC3)O2)cc1.Fc1ccc([C@H]2c3ccccc3CCN2C2=NC[C@H]([C@H]3CCNC3)O2)cc1. The molecule has 20 nitrogen and oxygen atoms in total. The van der Waals surface area contributed by atoms with Gasteiger partial charge in [0.15, 0.2) is 0 Å². The molecule has 25 rings (SSSR count). The van der Waals surface area contributed by atoms with Crippen LogP contribution in [-0.4, -0.2) is 222 Å². The summed E-state index contributed by atoms with van der Waals surface area (Å²) in [5.41, 5.74) is 18.4. The van der Waals surface area contributed by atoms with Gasteiger partial charge in [0.2, 0.25) is 0 Å². The maximum Gasteiger partial charge on any atom is 0.288 e. The first kappa shape index (κ1) is 93.9. The van der Waals surface area contributed by atoms with Crippen molar-refractivity contribution in [2.45, 2.75) is 125 Å². The quantitative estimate of drug-likeness (QED) is 0.0814. The van der Waals surface area contributed by atoms with Gasteiger partial charge in [-0.25, -0.2) is 46.9 Å². The van der Waals surface area contributed by atoms with E-state index < -0.39 is 0 Å². The summed E-state index contributed by atoms with van der Waals surface area (Å²) < 4.78 is 109. The molecule has 0 saturated carbocycles. The molecule has 5 fully saturated rings. The Labute approximate surface area is 810 Å². The van der Waals surface area contributed by atoms with Crippen LogP contribution in [-0.2, 0) is 55.8 Å². The molecule has 0 bridgehead atoms. The third-order valence-corrected chi connectivity index (χ3v) is 30.0. The second-order valence-electron chi connectivity index (χ2n) is 38.3. The van der Waals surface area contributed by atoms with Gasteiger partial charge in [-0.15, -0.1) is 0 Å². The molecule has 15 atom stereocenters. The molecule has 10 aromatic rings. The Bertz CT molecular complexity index is 5090. The van der Waals surface area contributed by atoms with Crippen molar-refractivity contribution in [1.29, 1.82) is 0 Å². The molecule has 0 spiro atoms. The highest BCUT2D eigenvalue weighted by molar-refractivity contribution is 7.93. The summed E-state index contributed by atoms with van der Waals surface area (Å²) in [5.74, 6) is 1.62.